The van der Waals surface area contributed by atoms with Gasteiger partial charge in [-0.25, -0.2) is 0 Å². The number of rotatable bonds is 4. The molecule has 1 heterocycles. The van der Waals surface area contributed by atoms with Crippen LogP contribution in [0.1, 0.15) is 39.4 Å². The number of thiophene rings is 1. The Hall–Kier alpha value is -1.12. The third kappa shape index (κ3) is 2.65. The minimum absolute atomic E-state index is 0.314. The maximum absolute atomic E-state index is 3.43. The predicted octanol–water partition coefficient (Wildman–Crippen LogP) is 4.24. The third-order valence-corrected chi connectivity index (χ3v) is 4.76. The lowest BCUT2D eigenvalue weighted by molar-refractivity contribution is 0.703. The molecule has 0 radical (unpaired) electrons. The van der Waals surface area contributed by atoms with Crippen LogP contribution < -0.4 is 5.32 Å². The molecule has 0 aliphatic rings. The smallest absolute Gasteiger partial charge is 0.0668 e. The van der Waals surface area contributed by atoms with Crippen molar-refractivity contribution in [2.45, 2.75) is 33.2 Å². The Morgan fingerprint density at radius 2 is 1.89 bits per heavy atom. The second kappa shape index (κ2) is 5.68. The molecule has 0 spiro atoms. The van der Waals surface area contributed by atoms with Crippen LogP contribution in [0.25, 0.3) is 0 Å². The van der Waals surface area contributed by atoms with E-state index in [1.165, 1.54) is 26.4 Å². The Balaban J connectivity index is 2.35. The summed E-state index contributed by atoms with van der Waals surface area (Å²) in [4.78, 5) is 2.85. The molecule has 1 aromatic carbocycles. The van der Waals surface area contributed by atoms with Crippen LogP contribution in [0.3, 0.4) is 0 Å². The summed E-state index contributed by atoms with van der Waals surface area (Å²) in [6, 6.07) is 11.5. The molecule has 18 heavy (non-hydrogen) atoms. The number of hydrogen-bond acceptors (Lipinski definition) is 2. The first kappa shape index (κ1) is 13.3. The van der Waals surface area contributed by atoms with Gasteiger partial charge in [-0.15, -0.1) is 11.3 Å². The first-order valence-corrected chi connectivity index (χ1v) is 7.30. The molecule has 0 bridgehead atoms. The molecule has 1 N–H and O–H groups in total. The third-order valence-electron chi connectivity index (χ3n) is 3.47. The highest BCUT2D eigenvalue weighted by Crippen LogP contribution is 2.29. The molecule has 1 nitrogen and oxygen atoms in total. The maximum atomic E-state index is 3.43. The van der Waals surface area contributed by atoms with Gasteiger partial charge in [0.25, 0.3) is 0 Å². The van der Waals surface area contributed by atoms with Crippen molar-refractivity contribution in [3.63, 3.8) is 0 Å². The van der Waals surface area contributed by atoms with Crippen LogP contribution in [0, 0.1) is 13.8 Å². The molecule has 96 valence electrons. The summed E-state index contributed by atoms with van der Waals surface area (Å²) < 4.78 is 0. The van der Waals surface area contributed by atoms with E-state index >= 15 is 0 Å². The Morgan fingerprint density at radius 1 is 1.11 bits per heavy atom. The van der Waals surface area contributed by atoms with Gasteiger partial charge in [-0.3, -0.25) is 0 Å². The van der Waals surface area contributed by atoms with Crippen LogP contribution in [0.2, 0.25) is 0 Å². The number of benzene rings is 1. The van der Waals surface area contributed by atoms with E-state index in [4.69, 9.17) is 0 Å². The van der Waals surface area contributed by atoms with E-state index in [0.29, 0.717) is 6.04 Å². The fraction of sp³-hybridized carbons (Fsp3) is 0.375. The Labute approximate surface area is 114 Å². The quantitative estimate of drug-likeness (QED) is 0.866. The zero-order valence-electron chi connectivity index (χ0n) is 11.6. The van der Waals surface area contributed by atoms with Gasteiger partial charge in [-0.1, -0.05) is 25.1 Å². The van der Waals surface area contributed by atoms with Gasteiger partial charge in [0.2, 0.25) is 0 Å². The van der Waals surface area contributed by atoms with E-state index in [2.05, 4.69) is 56.4 Å². The molecule has 0 saturated heterocycles. The fourth-order valence-corrected chi connectivity index (χ4v) is 3.25. The first-order chi connectivity index (χ1) is 8.65. The Kier molecular flexibility index (Phi) is 4.20. The van der Waals surface area contributed by atoms with E-state index in [0.717, 1.165) is 6.42 Å². The van der Waals surface area contributed by atoms with Crippen molar-refractivity contribution in [3.8, 4) is 0 Å². The molecule has 1 aromatic heterocycles. The summed E-state index contributed by atoms with van der Waals surface area (Å²) in [6.07, 6.45) is 1.12. The standard InChI is InChI=1S/C16H21NS/c1-5-14-8-9-15(18-14)16(17-4)13-7-6-11(2)12(3)10-13/h6-10,16-17H,5H2,1-4H3. The molecule has 2 rings (SSSR count). The first-order valence-electron chi connectivity index (χ1n) is 6.48. The molecule has 0 saturated carbocycles. The average molecular weight is 259 g/mol. The van der Waals surface area contributed by atoms with Crippen LogP contribution in [-0.4, -0.2) is 7.05 Å². The lowest BCUT2D eigenvalue weighted by Gasteiger charge is -2.16. The largest absolute Gasteiger partial charge is 0.309 e. The average Bonchev–Trinajstić information content (AvgIpc) is 2.83. The van der Waals surface area contributed by atoms with E-state index in [-0.39, 0.29) is 0 Å². The van der Waals surface area contributed by atoms with Gasteiger partial charge in [0.1, 0.15) is 0 Å². The summed E-state index contributed by atoms with van der Waals surface area (Å²) >= 11 is 1.91. The lowest BCUT2D eigenvalue weighted by atomic mass is 10.0. The van der Waals surface area contributed by atoms with Gasteiger partial charge in [-0.05, 0) is 56.1 Å². The molecule has 2 aromatic rings. The van der Waals surface area contributed by atoms with Crippen molar-refractivity contribution in [1.29, 1.82) is 0 Å². The topological polar surface area (TPSA) is 12.0 Å². The minimum Gasteiger partial charge on any atom is -0.309 e. The van der Waals surface area contributed by atoms with E-state index < -0.39 is 0 Å². The molecular formula is C16H21NS. The van der Waals surface area contributed by atoms with Crippen molar-refractivity contribution >= 4 is 11.3 Å². The molecule has 0 fully saturated rings. The molecule has 1 unspecified atom stereocenters. The highest BCUT2D eigenvalue weighted by Gasteiger charge is 2.14. The SMILES string of the molecule is CCc1ccc(C(NC)c2ccc(C)c(C)c2)s1. The molecule has 2 heteroatoms. The van der Waals surface area contributed by atoms with E-state index in [1.54, 1.807) is 0 Å². The van der Waals surface area contributed by atoms with Crippen LogP contribution in [0.4, 0.5) is 0 Å². The second-order valence-corrected chi connectivity index (χ2v) is 5.92. The van der Waals surface area contributed by atoms with Crippen molar-refractivity contribution in [2.24, 2.45) is 0 Å². The molecule has 0 amide bonds. The van der Waals surface area contributed by atoms with Crippen LogP contribution >= 0.6 is 11.3 Å². The summed E-state index contributed by atoms with van der Waals surface area (Å²) in [6.45, 7) is 6.55. The van der Waals surface area contributed by atoms with Crippen LogP contribution in [0.5, 0.6) is 0 Å². The van der Waals surface area contributed by atoms with Gasteiger partial charge in [0.15, 0.2) is 0 Å². The Bertz CT molecular complexity index is 528. The highest BCUT2D eigenvalue weighted by molar-refractivity contribution is 7.12. The van der Waals surface area contributed by atoms with E-state index in [1.807, 2.05) is 18.4 Å². The molecule has 1 atom stereocenters. The normalized spacial score (nSPS) is 12.7. The number of hydrogen-bond donors (Lipinski definition) is 1. The molecule has 0 aliphatic heterocycles. The van der Waals surface area contributed by atoms with Gasteiger partial charge >= 0.3 is 0 Å². The van der Waals surface area contributed by atoms with Crippen LogP contribution in [0.15, 0.2) is 30.3 Å². The number of aryl methyl sites for hydroxylation is 3. The van der Waals surface area contributed by atoms with E-state index in [9.17, 15) is 0 Å². The van der Waals surface area contributed by atoms with Crippen molar-refractivity contribution < 1.29 is 0 Å². The maximum Gasteiger partial charge on any atom is 0.0668 e. The van der Waals surface area contributed by atoms with Gasteiger partial charge in [-0.2, -0.15) is 0 Å². The van der Waals surface area contributed by atoms with Gasteiger partial charge in [0, 0.05) is 9.75 Å². The van der Waals surface area contributed by atoms with Crippen LogP contribution in [-0.2, 0) is 6.42 Å². The summed E-state index contributed by atoms with van der Waals surface area (Å²) in [7, 11) is 2.03. The fourth-order valence-electron chi connectivity index (χ4n) is 2.16. The zero-order chi connectivity index (χ0) is 13.1. The number of nitrogens with one attached hydrogen (secondary N) is 1. The predicted molar refractivity (Wildman–Crippen MR) is 80.5 cm³/mol. The van der Waals surface area contributed by atoms with Gasteiger partial charge < -0.3 is 5.32 Å². The molecular weight excluding hydrogens is 238 g/mol. The van der Waals surface area contributed by atoms with Crippen molar-refractivity contribution in [1.82, 2.24) is 5.32 Å². The Morgan fingerprint density at radius 3 is 2.44 bits per heavy atom. The summed E-state index contributed by atoms with van der Waals surface area (Å²) in [5.41, 5.74) is 4.07. The molecule has 0 aliphatic carbocycles. The monoisotopic (exact) mass is 259 g/mol. The lowest BCUT2D eigenvalue weighted by Crippen LogP contribution is -2.16. The highest BCUT2D eigenvalue weighted by atomic mass is 32.1. The zero-order valence-corrected chi connectivity index (χ0v) is 12.4. The van der Waals surface area contributed by atoms with Gasteiger partial charge in [0.05, 0.1) is 6.04 Å². The second-order valence-electron chi connectivity index (χ2n) is 4.72. The summed E-state index contributed by atoms with van der Waals surface area (Å²) in [5.74, 6) is 0. The minimum atomic E-state index is 0.314. The van der Waals surface area contributed by atoms with Crippen molar-refractivity contribution in [3.05, 3.63) is 56.8 Å². The van der Waals surface area contributed by atoms with Crippen molar-refractivity contribution in [2.75, 3.05) is 7.05 Å². The summed E-state index contributed by atoms with van der Waals surface area (Å²) in [5, 5.41) is 3.43.